The van der Waals surface area contributed by atoms with Crippen LogP contribution in [-0.4, -0.2) is 54.9 Å². The Morgan fingerprint density at radius 3 is 2.76 bits per heavy atom. The minimum atomic E-state index is -0.830. The molecule has 1 heterocycles. The quantitative estimate of drug-likeness (QED) is 0.739. The predicted molar refractivity (Wildman–Crippen MR) is 61.8 cm³/mol. The van der Waals surface area contributed by atoms with Crippen LogP contribution < -0.4 is 5.32 Å². The molecule has 98 valence electrons. The van der Waals surface area contributed by atoms with E-state index in [1.54, 1.807) is 12.0 Å². The number of amides is 2. The number of rotatable bonds is 5. The maximum Gasteiger partial charge on any atom is 0.317 e. The SMILES string of the molecule is CCC(CNC(=O)N1CCC(C(=O)O)C1)OC. The molecule has 1 aliphatic heterocycles. The molecule has 1 rings (SSSR count). The van der Waals surface area contributed by atoms with Gasteiger partial charge >= 0.3 is 12.0 Å². The molecule has 0 spiro atoms. The summed E-state index contributed by atoms with van der Waals surface area (Å²) in [7, 11) is 1.61. The highest BCUT2D eigenvalue weighted by Gasteiger charge is 2.30. The number of ether oxygens (including phenoxy) is 1. The van der Waals surface area contributed by atoms with E-state index in [-0.39, 0.29) is 12.1 Å². The Labute approximate surface area is 101 Å². The third kappa shape index (κ3) is 3.89. The van der Waals surface area contributed by atoms with E-state index < -0.39 is 11.9 Å². The topological polar surface area (TPSA) is 78.9 Å². The monoisotopic (exact) mass is 244 g/mol. The molecule has 1 fully saturated rings. The van der Waals surface area contributed by atoms with Crippen LogP contribution in [-0.2, 0) is 9.53 Å². The first-order valence-corrected chi connectivity index (χ1v) is 5.86. The van der Waals surface area contributed by atoms with Crippen molar-refractivity contribution in [2.45, 2.75) is 25.9 Å². The van der Waals surface area contributed by atoms with Crippen molar-refractivity contribution < 1.29 is 19.4 Å². The van der Waals surface area contributed by atoms with Crippen LogP contribution >= 0.6 is 0 Å². The standard InChI is InChI=1S/C11H20N2O4/c1-3-9(17-2)6-12-11(16)13-5-4-8(7-13)10(14)15/h8-9H,3-7H2,1-2H3,(H,12,16)(H,14,15). The van der Waals surface area contributed by atoms with E-state index in [2.05, 4.69) is 5.32 Å². The summed E-state index contributed by atoms with van der Waals surface area (Å²) in [5, 5.41) is 11.6. The van der Waals surface area contributed by atoms with Crippen molar-refractivity contribution in [1.82, 2.24) is 10.2 Å². The van der Waals surface area contributed by atoms with Crippen LogP contribution in [0, 0.1) is 5.92 Å². The number of nitrogens with zero attached hydrogens (tertiary/aromatic N) is 1. The van der Waals surface area contributed by atoms with E-state index in [1.807, 2.05) is 6.92 Å². The van der Waals surface area contributed by atoms with Gasteiger partial charge in [0.1, 0.15) is 0 Å². The molecule has 2 atom stereocenters. The minimum absolute atomic E-state index is 0.0109. The molecule has 2 unspecified atom stereocenters. The normalized spacial score (nSPS) is 21.3. The molecule has 0 bridgehead atoms. The second kappa shape index (κ2) is 6.44. The largest absolute Gasteiger partial charge is 0.481 e. The molecule has 6 nitrogen and oxygen atoms in total. The van der Waals surface area contributed by atoms with E-state index in [9.17, 15) is 9.59 Å². The summed E-state index contributed by atoms with van der Waals surface area (Å²) in [6.07, 6.45) is 1.37. The lowest BCUT2D eigenvalue weighted by Gasteiger charge is -2.19. The van der Waals surface area contributed by atoms with Crippen LogP contribution in [0.4, 0.5) is 4.79 Å². The number of likely N-dealkylation sites (tertiary alicyclic amines) is 1. The number of carbonyl (C=O) groups excluding carboxylic acids is 1. The highest BCUT2D eigenvalue weighted by molar-refractivity contribution is 5.77. The Hall–Kier alpha value is -1.30. The third-order valence-electron chi connectivity index (χ3n) is 3.09. The van der Waals surface area contributed by atoms with Gasteiger partial charge in [-0.25, -0.2) is 4.79 Å². The average molecular weight is 244 g/mol. The van der Waals surface area contributed by atoms with E-state index >= 15 is 0 Å². The highest BCUT2D eigenvalue weighted by atomic mass is 16.5. The second-order valence-electron chi connectivity index (χ2n) is 4.22. The summed E-state index contributed by atoms with van der Waals surface area (Å²) in [5.74, 6) is -1.26. The summed E-state index contributed by atoms with van der Waals surface area (Å²) in [6, 6.07) is -0.204. The number of carboxylic acid groups (broad SMARTS) is 1. The lowest BCUT2D eigenvalue weighted by molar-refractivity contribution is -0.141. The zero-order valence-corrected chi connectivity index (χ0v) is 10.3. The lowest BCUT2D eigenvalue weighted by atomic mass is 10.1. The molecule has 2 amide bonds. The summed E-state index contributed by atoms with van der Waals surface area (Å²) in [5.41, 5.74) is 0. The first-order valence-electron chi connectivity index (χ1n) is 5.86. The smallest absolute Gasteiger partial charge is 0.317 e. The van der Waals surface area contributed by atoms with E-state index in [1.165, 1.54) is 0 Å². The third-order valence-corrected chi connectivity index (χ3v) is 3.09. The van der Waals surface area contributed by atoms with Gasteiger partial charge in [0.2, 0.25) is 0 Å². The van der Waals surface area contributed by atoms with Crippen molar-refractivity contribution in [2.24, 2.45) is 5.92 Å². The average Bonchev–Trinajstić information content (AvgIpc) is 2.79. The fraction of sp³-hybridized carbons (Fsp3) is 0.818. The molecule has 1 saturated heterocycles. The second-order valence-corrected chi connectivity index (χ2v) is 4.22. The van der Waals surface area contributed by atoms with Gasteiger partial charge < -0.3 is 20.1 Å². The van der Waals surface area contributed by atoms with Gasteiger partial charge in [0.15, 0.2) is 0 Å². The number of hydrogen-bond acceptors (Lipinski definition) is 3. The molecule has 0 aliphatic carbocycles. The molecular weight excluding hydrogens is 224 g/mol. The Kier molecular flexibility index (Phi) is 5.21. The molecule has 1 aliphatic rings. The van der Waals surface area contributed by atoms with Crippen LogP contribution in [0.25, 0.3) is 0 Å². The summed E-state index contributed by atoms with van der Waals surface area (Å²) < 4.78 is 5.14. The zero-order valence-electron chi connectivity index (χ0n) is 10.3. The van der Waals surface area contributed by atoms with Gasteiger partial charge in [0, 0.05) is 26.7 Å². The number of urea groups is 1. The van der Waals surface area contributed by atoms with Crippen LogP contribution in [0.3, 0.4) is 0 Å². The molecule has 2 N–H and O–H groups in total. The number of carboxylic acids is 1. The Morgan fingerprint density at radius 1 is 1.59 bits per heavy atom. The van der Waals surface area contributed by atoms with Crippen molar-refractivity contribution in [3.05, 3.63) is 0 Å². The fourth-order valence-corrected chi connectivity index (χ4v) is 1.85. The zero-order chi connectivity index (χ0) is 12.8. The Balaban J connectivity index is 2.32. The number of methoxy groups -OCH3 is 1. The molecule has 0 aromatic heterocycles. The molecule has 17 heavy (non-hydrogen) atoms. The Bertz CT molecular complexity index is 279. The van der Waals surface area contributed by atoms with Gasteiger partial charge in [-0.05, 0) is 12.8 Å². The van der Waals surface area contributed by atoms with Gasteiger partial charge in [-0.2, -0.15) is 0 Å². The molecule has 0 aromatic carbocycles. The highest BCUT2D eigenvalue weighted by Crippen LogP contribution is 2.16. The van der Waals surface area contributed by atoms with E-state index in [4.69, 9.17) is 9.84 Å². The van der Waals surface area contributed by atoms with Crippen molar-refractivity contribution in [2.75, 3.05) is 26.7 Å². The predicted octanol–water partition coefficient (Wildman–Crippen LogP) is 0.527. The van der Waals surface area contributed by atoms with Crippen LogP contribution in [0.2, 0.25) is 0 Å². The maximum atomic E-state index is 11.7. The van der Waals surface area contributed by atoms with Crippen molar-refractivity contribution >= 4 is 12.0 Å². The fourth-order valence-electron chi connectivity index (χ4n) is 1.85. The van der Waals surface area contributed by atoms with Crippen LogP contribution in [0.15, 0.2) is 0 Å². The first kappa shape index (κ1) is 13.8. The molecule has 0 radical (unpaired) electrons. The number of carbonyl (C=O) groups is 2. The lowest BCUT2D eigenvalue weighted by Crippen LogP contribution is -2.42. The van der Waals surface area contributed by atoms with Gasteiger partial charge in [-0.1, -0.05) is 6.92 Å². The summed E-state index contributed by atoms with van der Waals surface area (Å²) in [4.78, 5) is 24.0. The number of hydrogen-bond donors (Lipinski definition) is 2. The minimum Gasteiger partial charge on any atom is -0.481 e. The maximum absolute atomic E-state index is 11.7. The van der Waals surface area contributed by atoms with Gasteiger partial charge in [-0.3, -0.25) is 4.79 Å². The van der Waals surface area contributed by atoms with Crippen LogP contribution in [0.1, 0.15) is 19.8 Å². The number of aliphatic carboxylic acids is 1. The number of nitrogens with one attached hydrogen (secondary N) is 1. The molecular formula is C11H20N2O4. The summed E-state index contributed by atoms with van der Waals surface area (Å²) in [6.45, 7) is 3.24. The molecule has 0 aromatic rings. The van der Waals surface area contributed by atoms with E-state index in [0.717, 1.165) is 6.42 Å². The van der Waals surface area contributed by atoms with Gasteiger partial charge in [-0.15, -0.1) is 0 Å². The van der Waals surface area contributed by atoms with Crippen molar-refractivity contribution in [3.63, 3.8) is 0 Å². The van der Waals surface area contributed by atoms with Crippen LogP contribution in [0.5, 0.6) is 0 Å². The Morgan fingerprint density at radius 2 is 2.29 bits per heavy atom. The van der Waals surface area contributed by atoms with E-state index in [0.29, 0.717) is 26.1 Å². The first-order chi connectivity index (χ1) is 8.08. The molecule has 6 heteroatoms. The van der Waals surface area contributed by atoms with Gasteiger partial charge in [0.05, 0.1) is 12.0 Å². The van der Waals surface area contributed by atoms with Crippen molar-refractivity contribution in [3.8, 4) is 0 Å². The van der Waals surface area contributed by atoms with Gasteiger partial charge in [0.25, 0.3) is 0 Å². The van der Waals surface area contributed by atoms with Crippen molar-refractivity contribution in [1.29, 1.82) is 0 Å². The molecule has 0 saturated carbocycles. The summed E-state index contributed by atoms with van der Waals surface area (Å²) >= 11 is 0.